The van der Waals surface area contributed by atoms with E-state index in [9.17, 15) is 0 Å². The van der Waals surface area contributed by atoms with E-state index < -0.39 is 0 Å². The lowest BCUT2D eigenvalue weighted by Gasteiger charge is -2.15. The molecule has 0 aliphatic heterocycles. The maximum absolute atomic E-state index is 6.18. The van der Waals surface area contributed by atoms with Crippen LogP contribution in [0.5, 0.6) is 11.5 Å². The van der Waals surface area contributed by atoms with Crippen molar-refractivity contribution < 1.29 is 9.47 Å². The van der Waals surface area contributed by atoms with Crippen molar-refractivity contribution in [2.75, 3.05) is 11.9 Å². The van der Waals surface area contributed by atoms with Crippen molar-refractivity contribution >= 4 is 44.0 Å². The fourth-order valence-corrected chi connectivity index (χ4v) is 3.86. The van der Waals surface area contributed by atoms with Gasteiger partial charge in [0.1, 0.15) is 6.61 Å². The van der Waals surface area contributed by atoms with Crippen LogP contribution in [0.25, 0.3) is 10.8 Å². The minimum Gasteiger partial charge on any atom is -0.490 e. The van der Waals surface area contributed by atoms with Gasteiger partial charge in [-0.1, -0.05) is 60.1 Å². The summed E-state index contributed by atoms with van der Waals surface area (Å²) in [5.41, 5.74) is 3.21. The average Bonchev–Trinajstić information content (AvgIpc) is 2.79. The lowest BCUT2D eigenvalue weighted by Crippen LogP contribution is -2.03. The van der Waals surface area contributed by atoms with Crippen molar-refractivity contribution in [3.63, 3.8) is 0 Å². The van der Waals surface area contributed by atoms with E-state index in [-0.39, 0.29) is 0 Å². The number of anilines is 1. The Kier molecular flexibility index (Phi) is 7.00. The molecule has 0 amide bonds. The Morgan fingerprint density at radius 1 is 0.871 bits per heavy atom. The molecule has 0 spiro atoms. The van der Waals surface area contributed by atoms with E-state index >= 15 is 0 Å². The van der Waals surface area contributed by atoms with Gasteiger partial charge in [0.25, 0.3) is 0 Å². The normalized spacial score (nSPS) is 10.8. The van der Waals surface area contributed by atoms with E-state index in [4.69, 9.17) is 21.1 Å². The van der Waals surface area contributed by atoms with Gasteiger partial charge in [-0.2, -0.15) is 0 Å². The summed E-state index contributed by atoms with van der Waals surface area (Å²) in [6, 6.07) is 26.5. The number of ether oxygens (including phenoxy) is 2. The van der Waals surface area contributed by atoms with Crippen LogP contribution in [-0.2, 0) is 13.2 Å². The molecule has 0 radical (unpaired) electrons. The monoisotopic (exact) mass is 495 g/mol. The van der Waals surface area contributed by atoms with Gasteiger partial charge in [-0.25, -0.2) is 0 Å². The fraction of sp³-hybridized carbons (Fsp3) is 0.154. The third-order valence-electron chi connectivity index (χ3n) is 4.99. The molecule has 4 aromatic carbocycles. The van der Waals surface area contributed by atoms with Gasteiger partial charge in [-0.3, -0.25) is 0 Å². The molecule has 4 aromatic rings. The number of halogens is 2. The third kappa shape index (κ3) is 5.33. The highest BCUT2D eigenvalue weighted by Gasteiger charge is 2.09. The first-order chi connectivity index (χ1) is 15.1. The van der Waals surface area contributed by atoms with Crippen molar-refractivity contribution in [2.24, 2.45) is 0 Å². The Morgan fingerprint density at radius 3 is 2.55 bits per heavy atom. The van der Waals surface area contributed by atoms with Gasteiger partial charge < -0.3 is 14.8 Å². The van der Waals surface area contributed by atoms with Crippen LogP contribution in [-0.4, -0.2) is 6.61 Å². The van der Waals surface area contributed by atoms with E-state index in [1.54, 1.807) is 0 Å². The lowest BCUT2D eigenvalue weighted by atomic mass is 10.1. The van der Waals surface area contributed by atoms with Crippen LogP contribution in [0, 0.1) is 0 Å². The SMILES string of the molecule is CCOc1cc(CNc2ccc(Br)c(Cl)c2)ccc1OCc1cccc2ccccc12. The lowest BCUT2D eigenvalue weighted by molar-refractivity contribution is 0.270. The first kappa shape index (κ1) is 21.5. The Hall–Kier alpha value is -2.69. The standard InChI is InChI=1S/C26H23BrClNO2/c1-2-30-26-14-18(16-29-21-11-12-23(27)24(28)15-21)10-13-25(26)31-17-20-8-5-7-19-6-3-4-9-22(19)20/h3-15,29H,2,16-17H2,1H3. The van der Waals surface area contributed by atoms with E-state index in [2.05, 4.69) is 69.8 Å². The van der Waals surface area contributed by atoms with Crippen molar-refractivity contribution in [1.82, 2.24) is 0 Å². The molecular formula is C26H23BrClNO2. The Morgan fingerprint density at radius 2 is 1.71 bits per heavy atom. The maximum atomic E-state index is 6.18. The van der Waals surface area contributed by atoms with Crippen molar-refractivity contribution in [3.8, 4) is 11.5 Å². The van der Waals surface area contributed by atoms with Gasteiger partial charge in [0.05, 0.1) is 11.6 Å². The van der Waals surface area contributed by atoms with Crippen molar-refractivity contribution in [2.45, 2.75) is 20.1 Å². The number of fused-ring (bicyclic) bond motifs is 1. The van der Waals surface area contributed by atoms with E-state index in [0.29, 0.717) is 24.8 Å². The topological polar surface area (TPSA) is 30.5 Å². The van der Waals surface area contributed by atoms with Crippen LogP contribution < -0.4 is 14.8 Å². The Balaban J connectivity index is 1.48. The summed E-state index contributed by atoms with van der Waals surface area (Å²) in [7, 11) is 0. The molecule has 5 heteroatoms. The molecule has 0 saturated heterocycles. The summed E-state index contributed by atoms with van der Waals surface area (Å²) < 4.78 is 12.9. The highest BCUT2D eigenvalue weighted by molar-refractivity contribution is 9.10. The second kappa shape index (κ2) is 10.1. The first-order valence-electron chi connectivity index (χ1n) is 10.2. The van der Waals surface area contributed by atoms with E-state index in [1.807, 2.05) is 37.3 Å². The average molecular weight is 497 g/mol. The molecule has 1 N–H and O–H groups in total. The van der Waals surface area contributed by atoms with Gasteiger partial charge in [0.2, 0.25) is 0 Å². The van der Waals surface area contributed by atoms with Gasteiger partial charge >= 0.3 is 0 Å². The smallest absolute Gasteiger partial charge is 0.161 e. The predicted octanol–water partition coefficient (Wildman–Crippen LogP) is 7.85. The van der Waals surface area contributed by atoms with Gasteiger partial charge in [-0.05, 0) is 75.1 Å². The molecule has 31 heavy (non-hydrogen) atoms. The maximum Gasteiger partial charge on any atom is 0.161 e. The molecule has 0 aliphatic carbocycles. The molecule has 0 bridgehead atoms. The zero-order valence-corrected chi connectivity index (χ0v) is 19.5. The van der Waals surface area contributed by atoms with Crippen LogP contribution in [0.1, 0.15) is 18.1 Å². The number of rotatable bonds is 8. The second-order valence-corrected chi connectivity index (χ2v) is 8.39. The highest BCUT2D eigenvalue weighted by Crippen LogP contribution is 2.31. The summed E-state index contributed by atoms with van der Waals surface area (Å²) in [6.07, 6.45) is 0. The number of hydrogen-bond donors (Lipinski definition) is 1. The summed E-state index contributed by atoms with van der Waals surface area (Å²) in [6.45, 7) is 3.69. The molecule has 4 rings (SSSR count). The number of nitrogens with one attached hydrogen (secondary N) is 1. The van der Waals surface area contributed by atoms with Crippen LogP contribution >= 0.6 is 27.5 Å². The molecule has 0 aromatic heterocycles. The largest absolute Gasteiger partial charge is 0.490 e. The molecule has 0 fully saturated rings. The van der Waals surface area contributed by atoms with Crippen LogP contribution in [0.3, 0.4) is 0 Å². The third-order valence-corrected chi connectivity index (χ3v) is 6.22. The number of hydrogen-bond acceptors (Lipinski definition) is 3. The minimum atomic E-state index is 0.483. The van der Waals surface area contributed by atoms with Gasteiger partial charge in [-0.15, -0.1) is 0 Å². The summed E-state index contributed by atoms with van der Waals surface area (Å²) in [5.74, 6) is 1.49. The van der Waals surface area contributed by atoms with Gasteiger partial charge in [0, 0.05) is 16.7 Å². The fourth-order valence-electron chi connectivity index (χ4n) is 3.43. The first-order valence-corrected chi connectivity index (χ1v) is 11.3. The zero-order valence-electron chi connectivity index (χ0n) is 17.2. The summed E-state index contributed by atoms with van der Waals surface area (Å²) in [5, 5.41) is 6.49. The van der Waals surface area contributed by atoms with Gasteiger partial charge in [0.15, 0.2) is 11.5 Å². The zero-order chi connectivity index (χ0) is 21.6. The molecule has 0 aliphatic rings. The Labute approximate surface area is 196 Å². The molecular weight excluding hydrogens is 474 g/mol. The molecule has 0 saturated carbocycles. The number of benzene rings is 4. The summed E-state index contributed by atoms with van der Waals surface area (Å²) >= 11 is 9.60. The van der Waals surface area contributed by atoms with Crippen LogP contribution in [0.2, 0.25) is 5.02 Å². The van der Waals surface area contributed by atoms with Crippen LogP contribution in [0.15, 0.2) is 83.3 Å². The minimum absolute atomic E-state index is 0.483. The van der Waals surface area contributed by atoms with Crippen LogP contribution in [0.4, 0.5) is 5.69 Å². The Bertz CT molecular complexity index is 1190. The predicted molar refractivity (Wildman–Crippen MR) is 132 cm³/mol. The molecule has 158 valence electrons. The molecule has 3 nitrogen and oxygen atoms in total. The molecule has 0 unspecified atom stereocenters. The van der Waals surface area contributed by atoms with Crippen molar-refractivity contribution in [3.05, 3.63) is 99.5 Å². The molecule has 0 atom stereocenters. The molecule has 0 heterocycles. The quantitative estimate of drug-likeness (QED) is 0.269. The highest BCUT2D eigenvalue weighted by atomic mass is 79.9. The van der Waals surface area contributed by atoms with E-state index in [1.165, 1.54) is 10.8 Å². The van der Waals surface area contributed by atoms with E-state index in [0.717, 1.165) is 32.8 Å². The van der Waals surface area contributed by atoms with Crippen molar-refractivity contribution in [1.29, 1.82) is 0 Å². The second-order valence-electron chi connectivity index (χ2n) is 7.12. The summed E-state index contributed by atoms with van der Waals surface area (Å²) in [4.78, 5) is 0.